The first-order valence-electron chi connectivity index (χ1n) is 17.7. The number of aromatic hydroxyl groups is 1. The summed E-state index contributed by atoms with van der Waals surface area (Å²) in [6, 6.07) is 27.3. The summed E-state index contributed by atoms with van der Waals surface area (Å²) in [5, 5.41) is 30.8. The lowest BCUT2D eigenvalue weighted by Crippen LogP contribution is -2.39. The van der Waals surface area contributed by atoms with Crippen molar-refractivity contribution in [3.05, 3.63) is 118 Å². The zero-order chi connectivity index (χ0) is 37.3. The molecule has 1 saturated heterocycles. The molecule has 0 saturated carbocycles. The first kappa shape index (κ1) is 37.1. The van der Waals surface area contributed by atoms with E-state index in [1.165, 1.54) is 12.1 Å². The van der Waals surface area contributed by atoms with Gasteiger partial charge in [-0.3, -0.25) is 14.9 Å². The Morgan fingerprint density at radius 3 is 2.47 bits per heavy atom. The summed E-state index contributed by atoms with van der Waals surface area (Å²) in [6.07, 6.45) is 0.106. The molecule has 5 aromatic rings. The van der Waals surface area contributed by atoms with Crippen molar-refractivity contribution in [3.63, 3.8) is 0 Å². The molecule has 2 amide bonds. The van der Waals surface area contributed by atoms with Gasteiger partial charge in [-0.15, -0.1) is 0 Å². The van der Waals surface area contributed by atoms with E-state index in [0.717, 1.165) is 35.3 Å². The summed E-state index contributed by atoms with van der Waals surface area (Å²) in [5.41, 5.74) is 5.53. The number of phenols is 1. The van der Waals surface area contributed by atoms with Gasteiger partial charge in [0.1, 0.15) is 17.6 Å². The van der Waals surface area contributed by atoms with Crippen LogP contribution in [-0.2, 0) is 16.1 Å². The van der Waals surface area contributed by atoms with Gasteiger partial charge in [-0.05, 0) is 60.7 Å². The number of aryl methyl sites for hydroxylation is 1. The number of nitrogens with one attached hydrogen (secondary N) is 4. The number of hydrogen-bond acceptors (Lipinski definition) is 9. The normalized spacial score (nSPS) is 14.1. The Hall–Kier alpha value is -5.69. The highest BCUT2D eigenvalue weighted by atomic mass is 16.6. The largest absolute Gasteiger partial charge is 0.506 e. The van der Waals surface area contributed by atoms with E-state index in [4.69, 9.17) is 9.47 Å². The van der Waals surface area contributed by atoms with Crippen LogP contribution < -0.4 is 26.2 Å². The molecule has 4 aromatic carbocycles. The SMILES string of the molecule is COc1cc(NC(=O)CCN2CCC(OC(=O)Nc3ccccc3-c3ccccc3)CC2)c(C)cc1CNC[C@H](O)c1ccc(O)c2[nH]c(=O)ccc12. The van der Waals surface area contributed by atoms with Gasteiger partial charge in [0.25, 0.3) is 0 Å². The van der Waals surface area contributed by atoms with E-state index < -0.39 is 12.2 Å². The van der Waals surface area contributed by atoms with Crippen molar-refractivity contribution in [3.8, 4) is 22.6 Å². The van der Waals surface area contributed by atoms with Crippen LogP contribution in [-0.4, -0.2) is 71.5 Å². The number of aliphatic hydroxyl groups excluding tert-OH is 1. The second kappa shape index (κ2) is 17.2. The molecule has 12 nitrogen and oxygen atoms in total. The number of anilines is 2. The number of phenolic OH excluding ortho intramolecular Hbond substituents is 1. The molecule has 1 atom stereocenters. The third-order valence-corrected chi connectivity index (χ3v) is 9.53. The molecule has 0 bridgehead atoms. The van der Waals surface area contributed by atoms with E-state index in [2.05, 4.69) is 25.8 Å². The van der Waals surface area contributed by atoms with Gasteiger partial charge in [0, 0.05) is 73.5 Å². The number of ether oxygens (including phenoxy) is 2. The number of fused-ring (bicyclic) bond motifs is 1. The van der Waals surface area contributed by atoms with Crippen molar-refractivity contribution in [1.29, 1.82) is 0 Å². The van der Waals surface area contributed by atoms with E-state index in [1.807, 2.05) is 67.6 Å². The van der Waals surface area contributed by atoms with Gasteiger partial charge < -0.3 is 40.2 Å². The highest BCUT2D eigenvalue weighted by Gasteiger charge is 2.23. The van der Waals surface area contributed by atoms with Crippen molar-refractivity contribution in [2.45, 2.75) is 44.9 Å². The number of piperidine rings is 1. The van der Waals surface area contributed by atoms with Crippen molar-refractivity contribution in [2.75, 3.05) is 43.9 Å². The number of carbonyl (C=O) groups is 2. The second-order valence-electron chi connectivity index (χ2n) is 13.2. The van der Waals surface area contributed by atoms with Gasteiger partial charge in [0.05, 0.1) is 24.4 Å². The molecule has 1 aromatic heterocycles. The van der Waals surface area contributed by atoms with Crippen LogP contribution >= 0.6 is 0 Å². The molecule has 1 aliphatic heterocycles. The fraction of sp³-hybridized carbons (Fsp3) is 0.293. The van der Waals surface area contributed by atoms with E-state index >= 15 is 0 Å². The molecule has 0 spiro atoms. The Kier molecular flexibility index (Phi) is 12.0. The molecule has 0 aliphatic carbocycles. The van der Waals surface area contributed by atoms with Gasteiger partial charge in [-0.25, -0.2) is 4.79 Å². The molecule has 53 heavy (non-hydrogen) atoms. The topological polar surface area (TPSA) is 165 Å². The predicted octanol–water partition coefficient (Wildman–Crippen LogP) is 6.08. The number of benzene rings is 4. The summed E-state index contributed by atoms with van der Waals surface area (Å²) in [5.74, 6) is 0.418. The number of aromatic nitrogens is 1. The van der Waals surface area contributed by atoms with E-state index in [1.54, 1.807) is 25.3 Å². The Balaban J connectivity index is 0.944. The molecule has 276 valence electrons. The molecule has 12 heteroatoms. The first-order valence-corrected chi connectivity index (χ1v) is 17.7. The first-order chi connectivity index (χ1) is 25.7. The average Bonchev–Trinajstić information content (AvgIpc) is 3.16. The van der Waals surface area contributed by atoms with Crippen LogP contribution in [0.1, 0.15) is 42.1 Å². The Labute approximate surface area is 307 Å². The number of aromatic amines is 1. The summed E-state index contributed by atoms with van der Waals surface area (Å²) >= 11 is 0. The lowest BCUT2D eigenvalue weighted by molar-refractivity contribution is -0.116. The van der Waals surface area contributed by atoms with Crippen LogP contribution in [0.15, 0.2) is 95.8 Å². The molecule has 1 aliphatic rings. The van der Waals surface area contributed by atoms with Crippen LogP contribution in [0.25, 0.3) is 22.0 Å². The van der Waals surface area contributed by atoms with Crippen molar-refractivity contribution in [2.24, 2.45) is 0 Å². The average molecular weight is 720 g/mol. The zero-order valence-corrected chi connectivity index (χ0v) is 29.9. The number of aliphatic hydroxyl groups is 1. The maximum atomic E-state index is 13.0. The Morgan fingerprint density at radius 1 is 0.943 bits per heavy atom. The zero-order valence-electron chi connectivity index (χ0n) is 29.9. The summed E-state index contributed by atoms with van der Waals surface area (Å²) in [6.45, 7) is 4.54. The number of amides is 2. The third-order valence-electron chi connectivity index (χ3n) is 9.53. The van der Waals surface area contributed by atoms with Gasteiger partial charge >= 0.3 is 6.09 Å². The number of para-hydroxylation sites is 1. The van der Waals surface area contributed by atoms with E-state index in [9.17, 15) is 24.6 Å². The fourth-order valence-electron chi connectivity index (χ4n) is 6.69. The number of hydrogen-bond donors (Lipinski definition) is 6. The monoisotopic (exact) mass is 719 g/mol. The van der Waals surface area contributed by atoms with Crippen LogP contribution in [0.4, 0.5) is 16.2 Å². The van der Waals surface area contributed by atoms with Crippen molar-refractivity contribution < 1.29 is 29.3 Å². The van der Waals surface area contributed by atoms with Gasteiger partial charge in [-0.1, -0.05) is 54.6 Å². The number of pyridine rings is 1. The quantitative estimate of drug-likeness (QED) is 0.0846. The summed E-state index contributed by atoms with van der Waals surface area (Å²) < 4.78 is 11.4. The van der Waals surface area contributed by atoms with Crippen LogP contribution in [0.2, 0.25) is 0 Å². The van der Waals surface area contributed by atoms with Crippen LogP contribution in [0.5, 0.6) is 11.5 Å². The minimum absolute atomic E-state index is 0.0654. The maximum Gasteiger partial charge on any atom is 0.411 e. The van der Waals surface area contributed by atoms with Gasteiger partial charge in [-0.2, -0.15) is 0 Å². The van der Waals surface area contributed by atoms with Crippen LogP contribution in [0.3, 0.4) is 0 Å². The predicted molar refractivity (Wildman–Crippen MR) is 205 cm³/mol. The molecular weight excluding hydrogens is 674 g/mol. The number of nitrogens with zero attached hydrogens (tertiary/aromatic N) is 1. The Bertz CT molecular complexity index is 2110. The Morgan fingerprint density at radius 2 is 1.70 bits per heavy atom. The minimum Gasteiger partial charge on any atom is -0.506 e. The number of carbonyl (C=O) groups excluding carboxylic acids is 2. The molecule has 0 unspecified atom stereocenters. The van der Waals surface area contributed by atoms with Gasteiger partial charge in [0.2, 0.25) is 11.5 Å². The van der Waals surface area contributed by atoms with Crippen molar-refractivity contribution >= 4 is 34.3 Å². The van der Waals surface area contributed by atoms with E-state index in [0.29, 0.717) is 60.4 Å². The molecule has 2 heterocycles. The highest BCUT2D eigenvalue weighted by Crippen LogP contribution is 2.31. The third kappa shape index (κ3) is 9.41. The van der Waals surface area contributed by atoms with Crippen molar-refractivity contribution in [1.82, 2.24) is 15.2 Å². The van der Waals surface area contributed by atoms with E-state index in [-0.39, 0.29) is 35.4 Å². The number of rotatable bonds is 13. The standard InChI is InChI=1S/C41H45N5O7/c1-26-22-28(24-42-25-36(48)31-12-14-35(47)40-32(31)13-15-38(49)45-40)37(52-2)23-34(26)43-39(50)18-21-46-19-16-29(17-20-46)53-41(51)44-33-11-7-6-10-30(33)27-8-4-3-5-9-27/h3-15,22-23,29,36,42,47-48H,16-21,24-25H2,1-2H3,(H,43,50)(H,44,51)(H,45,49)/t36-/m0/s1. The lowest BCUT2D eigenvalue weighted by atomic mass is 10.0. The molecule has 0 radical (unpaired) electrons. The molecular formula is C41H45N5O7. The summed E-state index contributed by atoms with van der Waals surface area (Å²) in [7, 11) is 1.57. The number of methoxy groups -OCH3 is 1. The molecule has 6 rings (SSSR count). The summed E-state index contributed by atoms with van der Waals surface area (Å²) in [4.78, 5) is 42.3. The lowest BCUT2D eigenvalue weighted by Gasteiger charge is -2.31. The maximum absolute atomic E-state index is 13.0. The fourth-order valence-corrected chi connectivity index (χ4v) is 6.69. The molecule has 6 N–H and O–H groups in total. The molecule has 1 fully saturated rings. The number of H-pyrrole nitrogens is 1. The van der Waals surface area contributed by atoms with Crippen LogP contribution in [0, 0.1) is 6.92 Å². The van der Waals surface area contributed by atoms with Gasteiger partial charge in [0.15, 0.2) is 0 Å². The second-order valence-corrected chi connectivity index (χ2v) is 13.2. The smallest absolute Gasteiger partial charge is 0.411 e. The number of likely N-dealkylation sites (tertiary alicyclic amines) is 1. The highest BCUT2D eigenvalue weighted by molar-refractivity contribution is 5.92. The minimum atomic E-state index is -0.902.